The zero-order valence-corrected chi connectivity index (χ0v) is 11.5. The van der Waals surface area contributed by atoms with E-state index in [-0.39, 0.29) is 6.10 Å². The van der Waals surface area contributed by atoms with Crippen LogP contribution in [0.1, 0.15) is 44.8 Å². The fourth-order valence-electron chi connectivity index (χ4n) is 2.46. The van der Waals surface area contributed by atoms with Gasteiger partial charge in [-0.1, -0.05) is 44.2 Å². The Morgan fingerprint density at radius 2 is 1.89 bits per heavy atom. The van der Waals surface area contributed by atoms with Crippen molar-refractivity contribution in [1.29, 1.82) is 0 Å². The van der Waals surface area contributed by atoms with Gasteiger partial charge in [0.15, 0.2) is 0 Å². The second-order valence-electron chi connectivity index (χ2n) is 5.84. The van der Waals surface area contributed by atoms with Gasteiger partial charge in [0.25, 0.3) is 0 Å². The molecule has 0 radical (unpaired) electrons. The molecule has 1 saturated carbocycles. The van der Waals surface area contributed by atoms with E-state index in [0.717, 1.165) is 31.1 Å². The van der Waals surface area contributed by atoms with Gasteiger partial charge >= 0.3 is 0 Å². The molecule has 0 aliphatic heterocycles. The average molecular weight is 247 g/mol. The van der Waals surface area contributed by atoms with Gasteiger partial charge in [-0.05, 0) is 30.7 Å². The van der Waals surface area contributed by atoms with Crippen LogP contribution in [0, 0.1) is 5.92 Å². The van der Waals surface area contributed by atoms with Gasteiger partial charge in [0.05, 0.1) is 6.10 Å². The first-order valence-corrected chi connectivity index (χ1v) is 7.14. The minimum absolute atomic E-state index is 0.320. The van der Waals surface area contributed by atoms with Crippen LogP contribution in [0.25, 0.3) is 0 Å². The van der Waals surface area contributed by atoms with Crippen LogP contribution in [0.15, 0.2) is 30.3 Å². The Morgan fingerprint density at radius 3 is 2.44 bits per heavy atom. The standard InChI is InChI=1S/C16H25NO/c1-13(2)12-17(15-8-9-15)11-10-16(18)14-6-4-3-5-7-14/h3-7,13,15-16,18H,8-12H2,1-2H3. The van der Waals surface area contributed by atoms with Crippen molar-refractivity contribution in [3.05, 3.63) is 35.9 Å². The molecule has 18 heavy (non-hydrogen) atoms. The van der Waals surface area contributed by atoms with Crippen molar-refractivity contribution in [3.8, 4) is 0 Å². The molecule has 1 aliphatic carbocycles. The van der Waals surface area contributed by atoms with E-state index in [2.05, 4.69) is 18.7 Å². The van der Waals surface area contributed by atoms with Crippen LogP contribution in [0.2, 0.25) is 0 Å². The quantitative estimate of drug-likeness (QED) is 0.799. The van der Waals surface area contributed by atoms with Gasteiger partial charge in [0.2, 0.25) is 0 Å². The van der Waals surface area contributed by atoms with Gasteiger partial charge < -0.3 is 10.0 Å². The lowest BCUT2D eigenvalue weighted by Crippen LogP contribution is -2.31. The van der Waals surface area contributed by atoms with Crippen LogP contribution >= 0.6 is 0 Å². The minimum Gasteiger partial charge on any atom is -0.388 e. The molecule has 1 aromatic carbocycles. The molecule has 0 saturated heterocycles. The molecule has 2 rings (SSSR count). The number of hydrogen-bond donors (Lipinski definition) is 1. The highest BCUT2D eigenvalue weighted by Gasteiger charge is 2.29. The lowest BCUT2D eigenvalue weighted by molar-refractivity contribution is 0.134. The lowest BCUT2D eigenvalue weighted by Gasteiger charge is -2.25. The summed E-state index contributed by atoms with van der Waals surface area (Å²) in [6.45, 7) is 6.71. The molecule has 1 aromatic rings. The molecular formula is C16H25NO. The minimum atomic E-state index is -0.320. The smallest absolute Gasteiger partial charge is 0.0802 e. The molecule has 1 atom stereocenters. The predicted octanol–water partition coefficient (Wildman–Crippen LogP) is 3.23. The highest BCUT2D eigenvalue weighted by Crippen LogP contribution is 2.28. The summed E-state index contributed by atoms with van der Waals surface area (Å²) in [7, 11) is 0. The van der Waals surface area contributed by atoms with Crippen LogP contribution in [0.5, 0.6) is 0 Å². The van der Waals surface area contributed by atoms with Crippen molar-refractivity contribution < 1.29 is 5.11 Å². The molecule has 1 aliphatic rings. The summed E-state index contributed by atoms with van der Waals surface area (Å²) in [4.78, 5) is 2.55. The summed E-state index contributed by atoms with van der Waals surface area (Å²) in [5, 5.41) is 10.2. The van der Waals surface area contributed by atoms with Crippen LogP contribution in [0.4, 0.5) is 0 Å². The average Bonchev–Trinajstić information content (AvgIpc) is 3.19. The molecule has 0 heterocycles. The van der Waals surface area contributed by atoms with E-state index in [9.17, 15) is 5.11 Å². The molecule has 0 amide bonds. The van der Waals surface area contributed by atoms with Crippen LogP contribution < -0.4 is 0 Å². The van der Waals surface area contributed by atoms with Gasteiger partial charge in [-0.3, -0.25) is 0 Å². The number of aliphatic hydroxyl groups excluding tert-OH is 1. The molecule has 0 aromatic heterocycles. The topological polar surface area (TPSA) is 23.5 Å². The number of rotatable bonds is 7. The van der Waals surface area contributed by atoms with Crippen LogP contribution in [-0.2, 0) is 0 Å². The number of nitrogens with zero attached hydrogens (tertiary/aromatic N) is 1. The highest BCUT2D eigenvalue weighted by molar-refractivity contribution is 5.17. The molecule has 0 spiro atoms. The maximum Gasteiger partial charge on any atom is 0.0802 e. The Morgan fingerprint density at radius 1 is 1.22 bits per heavy atom. The SMILES string of the molecule is CC(C)CN(CCC(O)c1ccccc1)C1CC1. The van der Waals surface area contributed by atoms with E-state index in [1.807, 2.05) is 30.3 Å². The first-order valence-electron chi connectivity index (χ1n) is 7.14. The van der Waals surface area contributed by atoms with E-state index in [1.165, 1.54) is 12.8 Å². The predicted molar refractivity (Wildman–Crippen MR) is 75.5 cm³/mol. The second-order valence-corrected chi connectivity index (χ2v) is 5.84. The Balaban J connectivity index is 1.82. The fourth-order valence-corrected chi connectivity index (χ4v) is 2.46. The molecule has 1 N–H and O–H groups in total. The fraction of sp³-hybridized carbons (Fsp3) is 0.625. The van der Waals surface area contributed by atoms with Crippen molar-refractivity contribution in [2.45, 2.75) is 45.3 Å². The summed E-state index contributed by atoms with van der Waals surface area (Å²) in [6.07, 6.45) is 3.20. The van der Waals surface area contributed by atoms with Gasteiger partial charge in [-0.15, -0.1) is 0 Å². The Bertz CT molecular complexity index is 345. The second kappa shape index (κ2) is 6.35. The first-order chi connectivity index (χ1) is 8.66. The van der Waals surface area contributed by atoms with Gasteiger partial charge in [-0.25, -0.2) is 0 Å². The van der Waals surface area contributed by atoms with Gasteiger partial charge in [0.1, 0.15) is 0 Å². The summed E-state index contributed by atoms with van der Waals surface area (Å²) in [6, 6.07) is 10.8. The third-order valence-corrected chi connectivity index (χ3v) is 3.54. The monoisotopic (exact) mass is 247 g/mol. The molecule has 100 valence electrons. The molecule has 1 fully saturated rings. The normalized spacial score (nSPS) is 17.4. The highest BCUT2D eigenvalue weighted by atomic mass is 16.3. The van der Waals surface area contributed by atoms with E-state index >= 15 is 0 Å². The number of hydrogen-bond acceptors (Lipinski definition) is 2. The van der Waals surface area contributed by atoms with Crippen molar-refractivity contribution in [2.75, 3.05) is 13.1 Å². The molecule has 2 nitrogen and oxygen atoms in total. The van der Waals surface area contributed by atoms with Gasteiger partial charge in [-0.2, -0.15) is 0 Å². The third kappa shape index (κ3) is 4.11. The summed E-state index contributed by atoms with van der Waals surface area (Å²) >= 11 is 0. The van der Waals surface area contributed by atoms with Gasteiger partial charge in [0, 0.05) is 19.1 Å². The largest absolute Gasteiger partial charge is 0.388 e. The van der Waals surface area contributed by atoms with E-state index in [1.54, 1.807) is 0 Å². The Hall–Kier alpha value is -0.860. The molecule has 2 heteroatoms. The van der Waals surface area contributed by atoms with Crippen LogP contribution in [-0.4, -0.2) is 29.1 Å². The number of aliphatic hydroxyl groups is 1. The van der Waals surface area contributed by atoms with Crippen molar-refractivity contribution in [3.63, 3.8) is 0 Å². The number of benzene rings is 1. The van der Waals surface area contributed by atoms with Crippen molar-refractivity contribution in [1.82, 2.24) is 4.90 Å². The van der Waals surface area contributed by atoms with Crippen molar-refractivity contribution >= 4 is 0 Å². The van der Waals surface area contributed by atoms with E-state index in [0.29, 0.717) is 5.92 Å². The maximum atomic E-state index is 10.2. The molecule has 1 unspecified atom stereocenters. The van der Waals surface area contributed by atoms with E-state index in [4.69, 9.17) is 0 Å². The van der Waals surface area contributed by atoms with E-state index < -0.39 is 0 Å². The Labute approximate surface area is 111 Å². The first kappa shape index (κ1) is 13.6. The molecule has 0 bridgehead atoms. The van der Waals surface area contributed by atoms with Crippen LogP contribution in [0.3, 0.4) is 0 Å². The third-order valence-electron chi connectivity index (χ3n) is 3.54. The lowest BCUT2D eigenvalue weighted by atomic mass is 10.1. The zero-order valence-electron chi connectivity index (χ0n) is 11.5. The summed E-state index contributed by atoms with van der Waals surface area (Å²) < 4.78 is 0. The maximum absolute atomic E-state index is 10.2. The molecular weight excluding hydrogens is 222 g/mol. The summed E-state index contributed by atoms with van der Waals surface area (Å²) in [5.74, 6) is 0.708. The Kier molecular flexibility index (Phi) is 4.79. The summed E-state index contributed by atoms with van der Waals surface area (Å²) in [5.41, 5.74) is 1.04. The van der Waals surface area contributed by atoms with Crippen molar-refractivity contribution in [2.24, 2.45) is 5.92 Å². The zero-order chi connectivity index (χ0) is 13.0.